The maximum absolute atomic E-state index is 13.0. The van der Waals surface area contributed by atoms with Crippen molar-refractivity contribution < 1.29 is 18.7 Å². The highest BCUT2D eigenvalue weighted by atomic mass is 19.1. The van der Waals surface area contributed by atoms with Crippen molar-refractivity contribution in [2.45, 2.75) is 37.9 Å². The number of fused-ring (bicyclic) bond motifs is 1. The van der Waals surface area contributed by atoms with E-state index in [1.54, 1.807) is 11.1 Å². The van der Waals surface area contributed by atoms with E-state index < -0.39 is 11.9 Å². The van der Waals surface area contributed by atoms with Crippen molar-refractivity contribution in [2.24, 2.45) is 5.92 Å². The number of nitrogens with one attached hydrogen (secondary N) is 1. The number of likely N-dealkylation sites (tertiary alicyclic amines) is 1. The van der Waals surface area contributed by atoms with Gasteiger partial charge in [0, 0.05) is 43.6 Å². The fourth-order valence-corrected chi connectivity index (χ4v) is 4.08. The average Bonchev–Trinajstić information content (AvgIpc) is 3.19. The minimum atomic E-state index is -0.474. The summed E-state index contributed by atoms with van der Waals surface area (Å²) in [5.74, 6) is -0.298. The lowest BCUT2D eigenvalue weighted by Gasteiger charge is -2.34. The molecule has 1 N–H and O–H groups in total. The molecule has 0 saturated carbocycles. The van der Waals surface area contributed by atoms with Gasteiger partial charge in [-0.05, 0) is 43.0 Å². The summed E-state index contributed by atoms with van der Waals surface area (Å²) in [6.45, 7) is 1.63. The van der Waals surface area contributed by atoms with Gasteiger partial charge in [0.05, 0.1) is 18.7 Å². The Balaban J connectivity index is 1.24. The van der Waals surface area contributed by atoms with E-state index in [1.165, 1.54) is 12.1 Å². The molecule has 2 aliphatic rings. The normalized spacial score (nSPS) is 23.1. The Bertz CT molecular complexity index is 878. The number of hydrogen-bond donors (Lipinski definition) is 1. The molecule has 2 saturated heterocycles. The molecule has 0 spiro atoms. The highest BCUT2D eigenvalue weighted by Crippen LogP contribution is 2.33. The number of pyridine rings is 2. The van der Waals surface area contributed by atoms with Crippen molar-refractivity contribution in [3.05, 3.63) is 59.9 Å². The first-order valence-corrected chi connectivity index (χ1v) is 10.3. The van der Waals surface area contributed by atoms with Crippen molar-refractivity contribution in [3.8, 4) is 0 Å². The lowest BCUT2D eigenvalue weighted by molar-refractivity contribution is -0.137. The Morgan fingerprint density at radius 1 is 1.20 bits per heavy atom. The van der Waals surface area contributed by atoms with E-state index >= 15 is 0 Å². The zero-order valence-electron chi connectivity index (χ0n) is 16.7. The molecule has 2 fully saturated rings. The van der Waals surface area contributed by atoms with E-state index in [1.807, 2.05) is 18.2 Å². The minimum Gasteiger partial charge on any atom is -0.363 e. The van der Waals surface area contributed by atoms with Gasteiger partial charge >= 0.3 is 0 Å². The van der Waals surface area contributed by atoms with Crippen LogP contribution in [-0.2, 0) is 27.2 Å². The van der Waals surface area contributed by atoms with Crippen molar-refractivity contribution in [2.75, 3.05) is 19.6 Å². The van der Waals surface area contributed by atoms with Crippen LogP contribution in [0.5, 0.6) is 0 Å². The van der Waals surface area contributed by atoms with E-state index in [9.17, 15) is 14.0 Å². The molecule has 4 heterocycles. The molecule has 0 aliphatic carbocycles. The number of nitrogens with zero attached hydrogens (tertiary/aromatic N) is 3. The lowest BCUT2D eigenvalue weighted by Crippen LogP contribution is -2.46. The molecule has 3 atom stereocenters. The molecular formula is C22H25FN4O3. The summed E-state index contributed by atoms with van der Waals surface area (Å²) in [6.07, 6.45) is 4.55. The highest BCUT2D eigenvalue weighted by molar-refractivity contribution is 5.81. The first kappa shape index (κ1) is 20.4. The zero-order chi connectivity index (χ0) is 20.9. The summed E-state index contributed by atoms with van der Waals surface area (Å²) in [5.41, 5.74) is 1.48. The third-order valence-corrected chi connectivity index (χ3v) is 5.72. The Morgan fingerprint density at radius 3 is 2.87 bits per heavy atom. The van der Waals surface area contributed by atoms with Crippen LogP contribution in [0.3, 0.4) is 0 Å². The number of carbonyl (C=O) groups is 2. The number of halogens is 1. The van der Waals surface area contributed by atoms with Crippen LogP contribution >= 0.6 is 0 Å². The van der Waals surface area contributed by atoms with E-state index in [2.05, 4.69) is 15.3 Å². The summed E-state index contributed by atoms with van der Waals surface area (Å²) in [5, 5.41) is 2.93. The van der Waals surface area contributed by atoms with Gasteiger partial charge in [-0.1, -0.05) is 6.07 Å². The van der Waals surface area contributed by atoms with Crippen LogP contribution < -0.4 is 5.32 Å². The zero-order valence-corrected chi connectivity index (χ0v) is 16.7. The number of rotatable bonds is 6. The Hall–Kier alpha value is -2.87. The van der Waals surface area contributed by atoms with E-state index in [4.69, 9.17) is 4.74 Å². The van der Waals surface area contributed by atoms with Crippen LogP contribution in [0, 0.1) is 11.7 Å². The van der Waals surface area contributed by atoms with E-state index in [-0.39, 0.29) is 30.3 Å². The van der Waals surface area contributed by atoms with Crippen molar-refractivity contribution in [3.63, 3.8) is 0 Å². The first-order valence-electron chi connectivity index (χ1n) is 10.3. The third-order valence-electron chi connectivity index (χ3n) is 5.72. The molecule has 2 aliphatic heterocycles. The fraction of sp³-hybridized carbons (Fsp3) is 0.455. The van der Waals surface area contributed by atoms with E-state index in [0.29, 0.717) is 38.2 Å². The average molecular weight is 412 g/mol. The van der Waals surface area contributed by atoms with Gasteiger partial charge in [-0.15, -0.1) is 0 Å². The summed E-state index contributed by atoms with van der Waals surface area (Å²) >= 11 is 0. The summed E-state index contributed by atoms with van der Waals surface area (Å²) in [6, 6.07) is 8.55. The molecule has 0 unspecified atom stereocenters. The predicted molar refractivity (Wildman–Crippen MR) is 107 cm³/mol. The van der Waals surface area contributed by atoms with Crippen LogP contribution in [0.25, 0.3) is 0 Å². The van der Waals surface area contributed by atoms with Gasteiger partial charge in [0.25, 0.3) is 0 Å². The quantitative estimate of drug-likeness (QED) is 0.778. The molecule has 4 rings (SSSR count). The van der Waals surface area contributed by atoms with Crippen LogP contribution in [0.4, 0.5) is 4.39 Å². The molecule has 0 bridgehead atoms. The standard InChI is InChI=1S/C22H25FN4O3/c23-16-4-5-18(26-13-16)12-21(28)27-10-7-15-11-19(30-20(15)14-27)22(29)25-9-6-17-3-1-2-8-24-17/h1-5,8,13,15,19-20H,6-7,9-12,14H2,(H,25,29)/t15-,19+,20+/m0/s1. The second-order valence-corrected chi connectivity index (χ2v) is 7.79. The predicted octanol–water partition coefficient (Wildman–Crippen LogP) is 1.52. The molecule has 2 aromatic heterocycles. The molecular weight excluding hydrogens is 387 g/mol. The van der Waals surface area contributed by atoms with Gasteiger partial charge in [-0.25, -0.2) is 4.39 Å². The molecule has 0 radical (unpaired) electrons. The summed E-state index contributed by atoms with van der Waals surface area (Å²) < 4.78 is 19.0. The second kappa shape index (κ2) is 9.30. The fourth-order valence-electron chi connectivity index (χ4n) is 4.08. The summed E-state index contributed by atoms with van der Waals surface area (Å²) in [7, 11) is 0. The molecule has 8 heteroatoms. The number of ether oxygens (including phenoxy) is 1. The van der Waals surface area contributed by atoms with E-state index in [0.717, 1.165) is 18.3 Å². The van der Waals surface area contributed by atoms with Crippen LogP contribution in [-0.4, -0.2) is 58.5 Å². The van der Waals surface area contributed by atoms with Crippen LogP contribution in [0.15, 0.2) is 42.7 Å². The van der Waals surface area contributed by atoms with Crippen molar-refractivity contribution in [1.29, 1.82) is 0 Å². The highest BCUT2D eigenvalue weighted by Gasteiger charge is 2.42. The van der Waals surface area contributed by atoms with Gasteiger partial charge < -0.3 is 15.0 Å². The molecule has 158 valence electrons. The van der Waals surface area contributed by atoms with Crippen molar-refractivity contribution in [1.82, 2.24) is 20.2 Å². The van der Waals surface area contributed by atoms with Crippen LogP contribution in [0.2, 0.25) is 0 Å². The molecule has 2 aromatic rings. The van der Waals surface area contributed by atoms with Crippen molar-refractivity contribution >= 4 is 11.8 Å². The maximum Gasteiger partial charge on any atom is 0.249 e. The number of piperidine rings is 1. The largest absolute Gasteiger partial charge is 0.363 e. The minimum absolute atomic E-state index is 0.0561. The van der Waals surface area contributed by atoms with Gasteiger partial charge in [0.1, 0.15) is 11.9 Å². The monoisotopic (exact) mass is 412 g/mol. The number of aromatic nitrogens is 2. The smallest absolute Gasteiger partial charge is 0.249 e. The van der Waals surface area contributed by atoms with Gasteiger partial charge in [-0.2, -0.15) is 0 Å². The molecule has 0 aromatic carbocycles. The molecule has 2 amide bonds. The van der Waals surface area contributed by atoms with Gasteiger partial charge in [0.2, 0.25) is 11.8 Å². The van der Waals surface area contributed by atoms with Gasteiger partial charge in [-0.3, -0.25) is 19.6 Å². The number of hydrogen-bond acceptors (Lipinski definition) is 5. The third kappa shape index (κ3) is 4.99. The Morgan fingerprint density at radius 2 is 2.10 bits per heavy atom. The lowest BCUT2D eigenvalue weighted by atomic mass is 9.91. The first-order chi connectivity index (χ1) is 14.6. The maximum atomic E-state index is 13.0. The Kier molecular flexibility index (Phi) is 6.32. The topological polar surface area (TPSA) is 84.4 Å². The van der Waals surface area contributed by atoms with Crippen LogP contribution in [0.1, 0.15) is 24.2 Å². The second-order valence-electron chi connectivity index (χ2n) is 7.79. The molecule has 7 nitrogen and oxygen atoms in total. The summed E-state index contributed by atoms with van der Waals surface area (Å²) in [4.78, 5) is 35.0. The SMILES string of the molecule is O=C(NCCc1ccccn1)[C@H]1C[C@@H]2CCN(C(=O)Cc3ccc(F)cn3)C[C@H]2O1. The number of carbonyl (C=O) groups excluding carboxylic acids is 2. The Labute approximate surface area is 174 Å². The number of amides is 2. The molecule has 30 heavy (non-hydrogen) atoms. The van der Waals surface area contributed by atoms with Gasteiger partial charge in [0.15, 0.2) is 0 Å².